The summed E-state index contributed by atoms with van der Waals surface area (Å²) in [4.78, 5) is 51.3. The minimum Gasteiger partial charge on any atom is -0.481 e. The number of carboxylic acids is 2. The Balaban J connectivity index is 1.69. The summed E-state index contributed by atoms with van der Waals surface area (Å²) in [5.41, 5.74) is 1.77. The molecule has 36 heavy (non-hydrogen) atoms. The van der Waals surface area contributed by atoms with Crippen LogP contribution in [0.3, 0.4) is 0 Å². The van der Waals surface area contributed by atoms with Gasteiger partial charge in [0.2, 0.25) is 11.8 Å². The van der Waals surface area contributed by atoms with Crippen molar-refractivity contribution >= 4 is 35.1 Å². The number of nitrogens with one attached hydrogen (secondary N) is 2. The molecule has 2 aromatic rings. The molecule has 0 radical (unpaired) electrons. The number of carbonyl (C=O) groups is 4. The normalized spacial score (nSPS) is 25.7. The summed E-state index contributed by atoms with van der Waals surface area (Å²) in [6.45, 7) is 0. The lowest BCUT2D eigenvalue weighted by Crippen LogP contribution is -2.59. The molecule has 5 rings (SSSR count). The molecule has 0 aliphatic heterocycles. The molecule has 2 aromatic carbocycles. The molecule has 8 nitrogen and oxygen atoms in total. The molecule has 0 saturated heterocycles. The molecule has 4 N–H and O–H groups in total. The number of hydrogen-bond acceptors (Lipinski definition) is 4. The molecule has 0 aromatic heterocycles. The van der Waals surface area contributed by atoms with Crippen molar-refractivity contribution in [3.8, 4) is 24.7 Å². The van der Waals surface area contributed by atoms with E-state index >= 15 is 0 Å². The van der Waals surface area contributed by atoms with E-state index in [1.54, 1.807) is 54.6 Å². The largest absolute Gasteiger partial charge is 0.481 e. The van der Waals surface area contributed by atoms with Gasteiger partial charge in [-0.1, -0.05) is 36.1 Å². The van der Waals surface area contributed by atoms with Gasteiger partial charge in [0.1, 0.15) is 0 Å². The zero-order valence-electron chi connectivity index (χ0n) is 18.9. The van der Waals surface area contributed by atoms with Gasteiger partial charge >= 0.3 is 11.9 Å². The number of benzene rings is 2. The van der Waals surface area contributed by atoms with Crippen LogP contribution in [0.2, 0.25) is 0 Å². The summed E-state index contributed by atoms with van der Waals surface area (Å²) in [7, 11) is 0. The molecule has 4 unspecified atom stereocenters. The summed E-state index contributed by atoms with van der Waals surface area (Å²) in [6, 6.07) is 13.0. The highest BCUT2D eigenvalue weighted by atomic mass is 16.4. The molecule has 0 heterocycles. The van der Waals surface area contributed by atoms with Crippen LogP contribution in [-0.2, 0) is 19.2 Å². The second-order valence-corrected chi connectivity index (χ2v) is 8.75. The number of aliphatic carboxylic acids is 2. The predicted molar refractivity (Wildman–Crippen MR) is 131 cm³/mol. The lowest BCUT2D eigenvalue weighted by atomic mass is 9.52. The summed E-state index contributed by atoms with van der Waals surface area (Å²) >= 11 is 0. The van der Waals surface area contributed by atoms with Gasteiger partial charge < -0.3 is 20.8 Å². The standard InChI is InChI=1S/C28H22N2O6/c1-3-15-7-5-9-17(13-15)29-25(31)21-19-11-12-20(23(21)27(33)34)24(28(35)36)22(19)26(32)30-18-10-6-8-16(4-2)14-18/h1-2,5-14,19-24H,(H,29,31)(H,30,32)(H,33,34)(H,35,36). The fourth-order valence-corrected chi connectivity index (χ4v) is 5.28. The van der Waals surface area contributed by atoms with Gasteiger partial charge in [-0.25, -0.2) is 0 Å². The van der Waals surface area contributed by atoms with Crippen LogP contribution in [0, 0.1) is 60.2 Å². The molecular formula is C28H22N2O6. The van der Waals surface area contributed by atoms with Gasteiger partial charge in [-0.05, 0) is 36.4 Å². The van der Waals surface area contributed by atoms with Crippen molar-refractivity contribution in [2.75, 3.05) is 10.6 Å². The molecule has 8 heteroatoms. The lowest BCUT2D eigenvalue weighted by Gasteiger charge is -2.49. The second-order valence-electron chi connectivity index (χ2n) is 8.75. The van der Waals surface area contributed by atoms with Gasteiger partial charge in [0.25, 0.3) is 0 Å². The van der Waals surface area contributed by atoms with Gasteiger partial charge in [-0.3, -0.25) is 19.2 Å². The maximum absolute atomic E-state index is 13.4. The monoisotopic (exact) mass is 482 g/mol. The maximum Gasteiger partial charge on any atom is 0.307 e. The first kappa shape index (κ1) is 24.3. The fourth-order valence-electron chi connectivity index (χ4n) is 5.28. The first-order valence-electron chi connectivity index (χ1n) is 11.1. The Labute approximate surface area is 207 Å². The molecule has 3 aliphatic rings. The number of anilines is 2. The average Bonchev–Trinajstić information content (AvgIpc) is 2.87. The third kappa shape index (κ3) is 4.45. The number of amides is 2. The maximum atomic E-state index is 13.4. The number of fused-ring (bicyclic) bond motifs is 2. The van der Waals surface area contributed by atoms with Crippen molar-refractivity contribution in [1.29, 1.82) is 0 Å². The van der Waals surface area contributed by atoms with Crippen LogP contribution in [-0.4, -0.2) is 34.0 Å². The molecule has 2 bridgehead atoms. The highest BCUT2D eigenvalue weighted by molar-refractivity contribution is 6.00. The fraction of sp³-hybridized carbons (Fsp3) is 0.214. The number of hydrogen-bond donors (Lipinski definition) is 4. The van der Waals surface area contributed by atoms with E-state index in [0.29, 0.717) is 22.5 Å². The van der Waals surface area contributed by atoms with Crippen LogP contribution in [0.5, 0.6) is 0 Å². The molecule has 180 valence electrons. The highest BCUT2D eigenvalue weighted by Crippen LogP contribution is 2.52. The van der Waals surface area contributed by atoms with Crippen LogP contribution in [0.15, 0.2) is 60.7 Å². The van der Waals surface area contributed by atoms with Crippen molar-refractivity contribution in [3.05, 3.63) is 71.8 Å². The van der Waals surface area contributed by atoms with Crippen molar-refractivity contribution in [2.24, 2.45) is 35.5 Å². The Morgan fingerprint density at radius 2 is 1.06 bits per heavy atom. The van der Waals surface area contributed by atoms with Crippen LogP contribution in [0.4, 0.5) is 11.4 Å². The summed E-state index contributed by atoms with van der Waals surface area (Å²) < 4.78 is 0. The smallest absolute Gasteiger partial charge is 0.307 e. The molecule has 3 aliphatic carbocycles. The Kier molecular flexibility index (Phi) is 6.62. The van der Waals surface area contributed by atoms with Gasteiger partial charge in [-0.15, -0.1) is 12.8 Å². The Bertz CT molecular complexity index is 1270. The zero-order valence-corrected chi connectivity index (χ0v) is 18.9. The second kappa shape index (κ2) is 9.81. The summed E-state index contributed by atoms with van der Waals surface area (Å²) in [6.07, 6.45) is 13.9. The number of allylic oxidation sites excluding steroid dienone is 2. The predicted octanol–water partition coefficient (Wildman–Crippen LogP) is 2.68. The Morgan fingerprint density at radius 1 is 0.667 bits per heavy atom. The average molecular weight is 482 g/mol. The van der Waals surface area contributed by atoms with Crippen molar-refractivity contribution in [1.82, 2.24) is 0 Å². The van der Waals surface area contributed by atoms with E-state index in [1.165, 1.54) is 6.08 Å². The number of terminal acetylenes is 2. The molecule has 1 saturated carbocycles. The molecular weight excluding hydrogens is 460 g/mol. The topological polar surface area (TPSA) is 133 Å². The van der Waals surface area contributed by atoms with Gasteiger partial charge in [-0.2, -0.15) is 0 Å². The lowest BCUT2D eigenvalue weighted by molar-refractivity contribution is -0.166. The third-order valence-corrected chi connectivity index (χ3v) is 6.76. The molecule has 4 atom stereocenters. The van der Waals surface area contributed by atoms with Gasteiger partial charge in [0.15, 0.2) is 0 Å². The van der Waals surface area contributed by atoms with E-state index in [4.69, 9.17) is 12.8 Å². The highest BCUT2D eigenvalue weighted by Gasteiger charge is 2.60. The first-order valence-corrected chi connectivity index (χ1v) is 11.1. The number of rotatable bonds is 6. The van der Waals surface area contributed by atoms with Crippen LogP contribution < -0.4 is 10.6 Å². The van der Waals surface area contributed by atoms with Crippen LogP contribution in [0.25, 0.3) is 0 Å². The van der Waals surface area contributed by atoms with Crippen LogP contribution >= 0.6 is 0 Å². The number of carboxylic acid groups (broad SMARTS) is 2. The van der Waals surface area contributed by atoms with E-state index in [-0.39, 0.29) is 0 Å². The van der Waals surface area contributed by atoms with Crippen molar-refractivity contribution < 1.29 is 29.4 Å². The minimum absolute atomic E-state index is 0.368. The first-order chi connectivity index (χ1) is 17.2. The molecule has 1 fully saturated rings. The Morgan fingerprint density at radius 3 is 1.42 bits per heavy atom. The number of carbonyl (C=O) groups excluding carboxylic acids is 2. The van der Waals surface area contributed by atoms with Crippen molar-refractivity contribution in [3.63, 3.8) is 0 Å². The van der Waals surface area contributed by atoms with Gasteiger partial charge in [0, 0.05) is 34.3 Å². The SMILES string of the molecule is C#Cc1cccc(NC(=O)C2C3C=CC(C2C(=O)O)C(C(=O)O)C3C(=O)Nc2cccc(C#C)c2)c1. The van der Waals surface area contributed by atoms with E-state index in [1.807, 2.05) is 0 Å². The van der Waals surface area contributed by atoms with Crippen molar-refractivity contribution in [2.45, 2.75) is 0 Å². The Hall–Kier alpha value is -4.82. The zero-order chi connectivity index (χ0) is 26.0. The van der Waals surface area contributed by atoms with E-state index in [9.17, 15) is 29.4 Å². The quantitative estimate of drug-likeness (QED) is 0.370. The summed E-state index contributed by atoms with van der Waals surface area (Å²) in [5.74, 6) is -6.02. The van der Waals surface area contributed by atoms with E-state index < -0.39 is 59.3 Å². The van der Waals surface area contributed by atoms with E-state index in [2.05, 4.69) is 22.5 Å². The molecule has 2 amide bonds. The van der Waals surface area contributed by atoms with Gasteiger partial charge in [0.05, 0.1) is 23.7 Å². The minimum atomic E-state index is -1.33. The third-order valence-electron chi connectivity index (χ3n) is 6.76. The molecule has 0 spiro atoms. The van der Waals surface area contributed by atoms with Crippen LogP contribution in [0.1, 0.15) is 11.1 Å². The summed E-state index contributed by atoms with van der Waals surface area (Å²) in [5, 5.41) is 25.4. The van der Waals surface area contributed by atoms with E-state index in [0.717, 1.165) is 0 Å².